The number of ether oxygens (including phenoxy) is 1. The van der Waals surface area contributed by atoms with Gasteiger partial charge in [0.15, 0.2) is 17.5 Å². The number of furan rings is 1. The van der Waals surface area contributed by atoms with Crippen molar-refractivity contribution in [1.29, 1.82) is 0 Å². The van der Waals surface area contributed by atoms with Gasteiger partial charge < -0.3 is 19.8 Å². The number of hydrogen-bond acceptors (Lipinski definition) is 5. The fraction of sp³-hybridized carbons (Fsp3) is 0.115. The van der Waals surface area contributed by atoms with Gasteiger partial charge in [0, 0.05) is 16.8 Å². The quantitative estimate of drug-likeness (QED) is 0.334. The second-order valence-electron chi connectivity index (χ2n) is 7.69. The molecule has 0 spiro atoms. The SMILES string of the molecule is Cc1cc(NC(=S)NC(=O)COc2ccccc2C)ccc1NC(=O)c1cc2ccccc2o1. The van der Waals surface area contributed by atoms with Crippen molar-refractivity contribution in [3.63, 3.8) is 0 Å². The molecule has 0 aliphatic carbocycles. The second kappa shape index (κ2) is 10.2. The predicted molar refractivity (Wildman–Crippen MR) is 136 cm³/mol. The number of benzene rings is 3. The summed E-state index contributed by atoms with van der Waals surface area (Å²) in [7, 11) is 0. The maximum Gasteiger partial charge on any atom is 0.291 e. The summed E-state index contributed by atoms with van der Waals surface area (Å²) in [5, 5.41) is 9.43. The van der Waals surface area contributed by atoms with Crippen molar-refractivity contribution in [2.24, 2.45) is 0 Å². The Bertz CT molecular complexity index is 1350. The lowest BCUT2D eigenvalue weighted by molar-refractivity contribution is -0.121. The molecule has 3 aromatic carbocycles. The first-order chi connectivity index (χ1) is 16.4. The van der Waals surface area contributed by atoms with E-state index >= 15 is 0 Å². The van der Waals surface area contributed by atoms with Gasteiger partial charge in [-0.1, -0.05) is 36.4 Å². The van der Waals surface area contributed by atoms with Crippen LogP contribution in [0.3, 0.4) is 0 Å². The Balaban J connectivity index is 1.31. The second-order valence-corrected chi connectivity index (χ2v) is 8.10. The minimum atomic E-state index is -0.368. The molecule has 0 fully saturated rings. The Hall–Kier alpha value is -4.17. The molecule has 0 aliphatic rings. The largest absolute Gasteiger partial charge is 0.483 e. The van der Waals surface area contributed by atoms with E-state index in [1.165, 1.54) is 0 Å². The topological polar surface area (TPSA) is 92.6 Å². The van der Waals surface area contributed by atoms with E-state index in [1.807, 2.05) is 62.4 Å². The van der Waals surface area contributed by atoms with Crippen molar-refractivity contribution in [3.05, 3.63) is 89.7 Å². The Morgan fingerprint density at radius 1 is 0.912 bits per heavy atom. The van der Waals surface area contributed by atoms with E-state index < -0.39 is 0 Å². The van der Waals surface area contributed by atoms with Crippen LogP contribution in [0.5, 0.6) is 5.75 Å². The highest BCUT2D eigenvalue weighted by Gasteiger charge is 2.14. The van der Waals surface area contributed by atoms with E-state index in [2.05, 4.69) is 16.0 Å². The van der Waals surface area contributed by atoms with Gasteiger partial charge in [-0.25, -0.2) is 0 Å². The van der Waals surface area contributed by atoms with Crippen LogP contribution in [0, 0.1) is 13.8 Å². The summed E-state index contributed by atoms with van der Waals surface area (Å²) in [6, 6.07) is 21.9. The van der Waals surface area contributed by atoms with Crippen LogP contribution in [-0.2, 0) is 4.79 Å². The molecule has 34 heavy (non-hydrogen) atoms. The molecule has 0 unspecified atom stereocenters. The first-order valence-corrected chi connectivity index (χ1v) is 11.0. The minimum Gasteiger partial charge on any atom is -0.483 e. The van der Waals surface area contributed by atoms with Gasteiger partial charge in [-0.3, -0.25) is 14.9 Å². The smallest absolute Gasteiger partial charge is 0.291 e. The molecule has 0 bridgehead atoms. The van der Waals surface area contributed by atoms with Crippen LogP contribution in [0.1, 0.15) is 21.7 Å². The molecule has 0 radical (unpaired) electrons. The van der Waals surface area contributed by atoms with Crippen LogP contribution in [0.2, 0.25) is 0 Å². The van der Waals surface area contributed by atoms with Gasteiger partial charge in [-0.2, -0.15) is 0 Å². The Labute approximate surface area is 202 Å². The van der Waals surface area contributed by atoms with Gasteiger partial charge in [0.2, 0.25) is 0 Å². The van der Waals surface area contributed by atoms with Crippen molar-refractivity contribution >= 4 is 51.5 Å². The highest BCUT2D eigenvalue weighted by molar-refractivity contribution is 7.80. The summed E-state index contributed by atoms with van der Waals surface area (Å²) in [5.41, 5.74) is 3.72. The van der Waals surface area contributed by atoms with E-state index in [0.29, 0.717) is 22.7 Å². The lowest BCUT2D eigenvalue weighted by Gasteiger charge is -2.13. The first kappa shape index (κ1) is 23.0. The number of fused-ring (bicyclic) bond motifs is 1. The number of rotatable bonds is 6. The predicted octanol–water partition coefficient (Wildman–Crippen LogP) is 5.19. The van der Waals surface area contributed by atoms with Crippen molar-refractivity contribution in [2.45, 2.75) is 13.8 Å². The summed E-state index contributed by atoms with van der Waals surface area (Å²) in [4.78, 5) is 24.8. The van der Waals surface area contributed by atoms with Gasteiger partial charge >= 0.3 is 0 Å². The summed E-state index contributed by atoms with van der Waals surface area (Å²) in [5.74, 6) is 0.177. The van der Waals surface area contributed by atoms with E-state index in [4.69, 9.17) is 21.4 Å². The van der Waals surface area contributed by atoms with Crippen LogP contribution in [0.15, 0.2) is 77.2 Å². The van der Waals surface area contributed by atoms with Crippen molar-refractivity contribution in [1.82, 2.24) is 5.32 Å². The van der Waals surface area contributed by atoms with E-state index in [-0.39, 0.29) is 29.3 Å². The number of carbonyl (C=O) groups excluding carboxylic acids is 2. The Morgan fingerprint density at radius 2 is 1.68 bits per heavy atom. The summed E-state index contributed by atoms with van der Waals surface area (Å²) in [6.45, 7) is 3.61. The van der Waals surface area contributed by atoms with Crippen LogP contribution in [0.25, 0.3) is 11.0 Å². The van der Waals surface area contributed by atoms with Crippen molar-refractivity contribution in [3.8, 4) is 5.75 Å². The number of para-hydroxylation sites is 2. The van der Waals surface area contributed by atoms with Crippen LogP contribution in [0.4, 0.5) is 11.4 Å². The number of thiocarbonyl (C=S) groups is 1. The molecule has 3 N–H and O–H groups in total. The normalized spacial score (nSPS) is 10.5. The molecule has 0 saturated heterocycles. The van der Waals surface area contributed by atoms with E-state index in [0.717, 1.165) is 16.5 Å². The molecule has 172 valence electrons. The standard InChI is InChI=1S/C26H23N3O4S/c1-16-7-3-5-9-21(16)32-15-24(30)29-26(34)27-19-11-12-20(17(2)13-19)28-25(31)23-14-18-8-4-6-10-22(18)33-23/h3-14H,15H2,1-2H3,(H,28,31)(H2,27,29,30,34). The molecular formula is C26H23N3O4S. The summed E-state index contributed by atoms with van der Waals surface area (Å²) < 4.78 is 11.1. The number of hydrogen-bond donors (Lipinski definition) is 3. The van der Waals surface area contributed by atoms with Crippen LogP contribution >= 0.6 is 12.2 Å². The molecule has 1 heterocycles. The fourth-order valence-electron chi connectivity index (χ4n) is 3.35. The molecule has 8 heteroatoms. The highest BCUT2D eigenvalue weighted by Crippen LogP contribution is 2.23. The average Bonchev–Trinajstić information content (AvgIpc) is 3.25. The third-order valence-electron chi connectivity index (χ3n) is 5.09. The number of carbonyl (C=O) groups is 2. The Morgan fingerprint density at radius 3 is 2.44 bits per heavy atom. The number of aryl methyl sites for hydroxylation is 2. The first-order valence-electron chi connectivity index (χ1n) is 10.6. The number of nitrogens with one attached hydrogen (secondary N) is 3. The van der Waals surface area contributed by atoms with Gasteiger partial charge in [0.05, 0.1) is 0 Å². The number of anilines is 2. The van der Waals surface area contributed by atoms with Gasteiger partial charge in [-0.05, 0) is 73.6 Å². The Kier molecular flexibility index (Phi) is 6.89. The summed E-state index contributed by atoms with van der Waals surface area (Å²) >= 11 is 5.23. The third-order valence-corrected chi connectivity index (χ3v) is 5.29. The average molecular weight is 474 g/mol. The molecule has 0 atom stereocenters. The van der Waals surface area contributed by atoms with Crippen LogP contribution < -0.4 is 20.7 Å². The van der Waals surface area contributed by atoms with Gasteiger partial charge in [0.1, 0.15) is 11.3 Å². The fourth-order valence-corrected chi connectivity index (χ4v) is 3.58. The van der Waals surface area contributed by atoms with Crippen molar-refractivity contribution in [2.75, 3.05) is 17.2 Å². The van der Waals surface area contributed by atoms with Crippen LogP contribution in [-0.4, -0.2) is 23.5 Å². The molecule has 1 aromatic heterocycles. The zero-order valence-electron chi connectivity index (χ0n) is 18.7. The maximum absolute atomic E-state index is 12.6. The molecule has 7 nitrogen and oxygen atoms in total. The highest BCUT2D eigenvalue weighted by atomic mass is 32.1. The molecule has 0 saturated carbocycles. The molecule has 0 aliphatic heterocycles. The molecular weight excluding hydrogens is 450 g/mol. The van der Waals surface area contributed by atoms with E-state index in [9.17, 15) is 9.59 Å². The molecule has 4 rings (SSSR count). The molecule has 4 aromatic rings. The van der Waals surface area contributed by atoms with Gasteiger partial charge in [-0.15, -0.1) is 0 Å². The van der Waals surface area contributed by atoms with Crippen molar-refractivity contribution < 1.29 is 18.7 Å². The lowest BCUT2D eigenvalue weighted by Crippen LogP contribution is -2.37. The minimum absolute atomic E-state index is 0.150. The zero-order chi connectivity index (χ0) is 24.1. The summed E-state index contributed by atoms with van der Waals surface area (Å²) in [6.07, 6.45) is 0. The van der Waals surface area contributed by atoms with Gasteiger partial charge in [0.25, 0.3) is 11.8 Å². The zero-order valence-corrected chi connectivity index (χ0v) is 19.5. The molecule has 2 amide bonds. The monoisotopic (exact) mass is 473 g/mol. The lowest BCUT2D eigenvalue weighted by atomic mass is 10.1. The maximum atomic E-state index is 12.6. The third kappa shape index (κ3) is 5.60. The van der Waals surface area contributed by atoms with E-state index in [1.54, 1.807) is 24.3 Å². The number of amides is 2.